The largest absolute Gasteiger partial charge is 0.348 e. The molecular weight excluding hydrogens is 466 g/mol. The van der Waals surface area contributed by atoms with Gasteiger partial charge >= 0.3 is 0 Å². The van der Waals surface area contributed by atoms with Gasteiger partial charge in [0.15, 0.2) is 11.9 Å². The van der Waals surface area contributed by atoms with Gasteiger partial charge in [0.05, 0.1) is 0 Å². The lowest BCUT2D eigenvalue weighted by Crippen LogP contribution is -2.69. The van der Waals surface area contributed by atoms with Gasteiger partial charge < -0.3 is 18.9 Å². The van der Waals surface area contributed by atoms with Crippen LogP contribution in [0.5, 0.6) is 0 Å². The Morgan fingerprint density at radius 2 is 1.70 bits per heavy atom. The molecule has 1 aromatic rings. The zero-order valence-electron chi connectivity index (χ0n) is 23.4. The molecule has 1 aromatic heterocycles. The number of nitrogens with zero attached hydrogens (tertiary/aromatic N) is 3. The molecule has 7 nitrogen and oxygen atoms in total. The van der Waals surface area contributed by atoms with Gasteiger partial charge in [-0.3, -0.25) is 4.90 Å². The third-order valence-electron chi connectivity index (χ3n) is 11.3. The summed E-state index contributed by atoms with van der Waals surface area (Å²) in [4.78, 5) is 17.8. The number of aromatic nitrogens is 1. The second-order valence-electron chi connectivity index (χ2n) is 13.4. The molecule has 0 radical (unpaired) electrons. The van der Waals surface area contributed by atoms with E-state index in [0.717, 1.165) is 31.8 Å². The normalized spacial score (nSPS) is 45.2. The average Bonchev–Trinajstić information content (AvgIpc) is 3.49. The fourth-order valence-electron chi connectivity index (χ4n) is 9.04. The highest BCUT2D eigenvalue weighted by molar-refractivity contribution is 5.22. The summed E-state index contributed by atoms with van der Waals surface area (Å²) in [7, 11) is 2.23. The Morgan fingerprint density at radius 3 is 2.49 bits per heavy atom. The molecule has 6 aliphatic heterocycles. The fraction of sp³-hybridized carbons (Fsp3) is 0.867. The third kappa shape index (κ3) is 3.98. The molecule has 37 heavy (non-hydrogen) atoms. The molecule has 7 fully saturated rings. The molecule has 0 aromatic carbocycles. The molecule has 6 saturated heterocycles. The minimum atomic E-state index is -0.719. The smallest absolute Gasteiger partial charge is 0.201 e. The van der Waals surface area contributed by atoms with E-state index in [1.807, 2.05) is 6.92 Å². The Kier molecular flexibility index (Phi) is 6.30. The molecule has 0 amide bonds. The molecule has 8 rings (SSSR count). The summed E-state index contributed by atoms with van der Waals surface area (Å²) in [5.41, 5.74) is 2.17. The number of fused-ring (bicyclic) bond motifs is 2. The summed E-state index contributed by atoms with van der Waals surface area (Å²) < 4.78 is 15.9. The minimum absolute atomic E-state index is 0.000818. The van der Waals surface area contributed by atoms with Gasteiger partial charge in [0.2, 0.25) is 5.79 Å². The summed E-state index contributed by atoms with van der Waals surface area (Å²) in [5, 5.41) is 0. The maximum atomic E-state index is 6.93. The van der Waals surface area contributed by atoms with Gasteiger partial charge in [0.1, 0.15) is 6.10 Å². The molecule has 7 aliphatic rings. The molecule has 0 unspecified atom stereocenters. The minimum Gasteiger partial charge on any atom is -0.348 e. The number of hydrogen-bond acceptors (Lipinski definition) is 6. The number of rotatable bonds is 4. The Bertz CT molecular complexity index is 985. The van der Waals surface area contributed by atoms with Crippen LogP contribution in [0.4, 0.5) is 0 Å². The Labute approximate surface area is 222 Å². The van der Waals surface area contributed by atoms with E-state index >= 15 is 0 Å². The number of ether oxygens (including phenoxy) is 2. The van der Waals surface area contributed by atoms with Crippen molar-refractivity contribution in [2.45, 2.75) is 109 Å². The van der Waals surface area contributed by atoms with E-state index in [9.17, 15) is 0 Å². The molecule has 2 bridgehead atoms. The van der Waals surface area contributed by atoms with Gasteiger partial charge in [-0.05, 0) is 94.8 Å². The van der Waals surface area contributed by atoms with Gasteiger partial charge in [-0.15, -0.1) is 0 Å². The van der Waals surface area contributed by atoms with E-state index in [-0.39, 0.29) is 12.4 Å². The molecule has 1 saturated carbocycles. The van der Waals surface area contributed by atoms with Crippen LogP contribution in [0.2, 0.25) is 0 Å². The first-order chi connectivity index (χ1) is 17.9. The van der Waals surface area contributed by atoms with Crippen LogP contribution in [0.3, 0.4) is 0 Å². The Balaban J connectivity index is 1.09. The van der Waals surface area contributed by atoms with Crippen molar-refractivity contribution >= 4 is 0 Å². The summed E-state index contributed by atoms with van der Waals surface area (Å²) in [5.74, 6) is 0.983. The number of hydrogen-bond donors (Lipinski definition) is 0. The summed E-state index contributed by atoms with van der Waals surface area (Å²) >= 11 is 0. The highest BCUT2D eigenvalue weighted by Gasteiger charge is 2.69. The maximum absolute atomic E-state index is 6.93. The van der Waals surface area contributed by atoms with Gasteiger partial charge in [-0.2, -0.15) is 0 Å². The predicted octanol–water partition coefficient (Wildman–Crippen LogP) is 5.01. The van der Waals surface area contributed by atoms with E-state index in [4.69, 9.17) is 19.2 Å². The summed E-state index contributed by atoms with van der Waals surface area (Å²) in [6.45, 7) is 12.8. The lowest BCUT2D eigenvalue weighted by Gasteiger charge is -2.60. The quantitative estimate of drug-likeness (QED) is 0.528. The van der Waals surface area contributed by atoms with Crippen LogP contribution in [0.1, 0.15) is 89.6 Å². The zero-order chi connectivity index (χ0) is 25.4. The molecule has 206 valence electrons. The predicted molar refractivity (Wildman–Crippen MR) is 140 cm³/mol. The van der Waals surface area contributed by atoms with Crippen molar-refractivity contribution in [2.75, 3.05) is 26.2 Å². The summed E-state index contributed by atoms with van der Waals surface area (Å²) in [6.07, 6.45) is 9.34. The van der Waals surface area contributed by atoms with Crippen LogP contribution >= 0.6 is 0 Å². The van der Waals surface area contributed by atoms with Crippen LogP contribution in [-0.4, -0.2) is 64.3 Å². The second-order valence-corrected chi connectivity index (χ2v) is 13.4. The zero-order valence-corrected chi connectivity index (χ0v) is 23.4. The van der Waals surface area contributed by atoms with Crippen LogP contribution in [-0.2, 0) is 32.8 Å². The maximum Gasteiger partial charge on any atom is 0.201 e. The van der Waals surface area contributed by atoms with Crippen molar-refractivity contribution in [1.29, 1.82) is 0 Å². The number of piperidine rings is 1. The lowest BCUT2D eigenvalue weighted by molar-refractivity contribution is -0.571. The van der Waals surface area contributed by atoms with Gasteiger partial charge in [-0.25, -0.2) is 9.78 Å². The standard InChI is InChI=1S/C30H47N3O4/c1-20-7-9-25-21(2)27(34-28-30(25)24(20)11-14-29(3,35-28)36-37-30)26-10-8-23(31(26)4)19-32-17-12-22(13-18-32)33-15-5-6-16-33/h8,10,20-22,24-25,27-28H,5-7,9,11-19H2,1-4H3/t20-,21-,24+,25+,27-,28-,29+,30-/m1/s1. The van der Waals surface area contributed by atoms with E-state index in [1.54, 1.807) is 0 Å². The molecule has 7 heterocycles. The monoisotopic (exact) mass is 513 g/mol. The van der Waals surface area contributed by atoms with Gasteiger partial charge in [0, 0.05) is 56.5 Å². The van der Waals surface area contributed by atoms with Crippen molar-refractivity contribution in [2.24, 2.45) is 30.7 Å². The molecule has 8 atom stereocenters. The van der Waals surface area contributed by atoms with Crippen molar-refractivity contribution in [3.05, 3.63) is 23.5 Å². The van der Waals surface area contributed by atoms with Crippen LogP contribution in [0.25, 0.3) is 0 Å². The third-order valence-corrected chi connectivity index (χ3v) is 11.3. The first-order valence-corrected chi connectivity index (χ1v) is 15.2. The highest BCUT2D eigenvalue weighted by atomic mass is 17.3. The first-order valence-electron chi connectivity index (χ1n) is 15.2. The first kappa shape index (κ1) is 25.0. The molecule has 7 heteroatoms. The van der Waals surface area contributed by atoms with Gasteiger partial charge in [0.25, 0.3) is 0 Å². The topological polar surface area (TPSA) is 48.3 Å². The van der Waals surface area contributed by atoms with Crippen molar-refractivity contribution in [1.82, 2.24) is 14.4 Å². The van der Waals surface area contributed by atoms with Crippen molar-refractivity contribution in [3.8, 4) is 0 Å². The highest BCUT2D eigenvalue weighted by Crippen LogP contribution is 2.62. The Morgan fingerprint density at radius 1 is 0.919 bits per heavy atom. The SMILES string of the molecule is C[C@H]1[C@H](c2ccc(CN3CCC(N4CCCC4)CC3)n2C)O[C@@H]2O[C@]3(C)CC[C@H]4[C@H](C)CC[C@@H]1[C@@]24OO3. The Hall–Kier alpha value is -0.960. The molecule has 0 N–H and O–H groups in total. The van der Waals surface area contributed by atoms with Crippen molar-refractivity contribution < 1.29 is 19.2 Å². The van der Waals surface area contributed by atoms with Gasteiger partial charge in [-0.1, -0.05) is 13.8 Å². The molecule has 1 aliphatic carbocycles. The number of likely N-dealkylation sites (tertiary alicyclic amines) is 2. The second kappa shape index (κ2) is 9.31. The van der Waals surface area contributed by atoms with E-state index in [1.165, 1.54) is 69.7 Å². The van der Waals surface area contributed by atoms with Crippen molar-refractivity contribution in [3.63, 3.8) is 0 Å². The van der Waals surface area contributed by atoms with Crippen LogP contribution in [0.15, 0.2) is 12.1 Å². The lowest BCUT2D eigenvalue weighted by atomic mass is 9.57. The van der Waals surface area contributed by atoms with Crippen LogP contribution < -0.4 is 0 Å². The fourth-order valence-corrected chi connectivity index (χ4v) is 9.04. The van der Waals surface area contributed by atoms with E-state index in [0.29, 0.717) is 23.7 Å². The molecular formula is C30H47N3O4. The summed E-state index contributed by atoms with van der Waals surface area (Å²) in [6, 6.07) is 5.44. The van der Waals surface area contributed by atoms with Crippen LogP contribution in [0, 0.1) is 23.7 Å². The molecule has 1 spiro atoms. The van der Waals surface area contributed by atoms with E-state index < -0.39 is 11.4 Å². The average molecular weight is 514 g/mol. The van der Waals surface area contributed by atoms with E-state index in [2.05, 4.69) is 47.4 Å².